The predicted octanol–water partition coefficient (Wildman–Crippen LogP) is 2.73. The number of fused-ring (bicyclic) bond motifs is 1. The molecule has 1 atom stereocenters. The van der Waals surface area contributed by atoms with Crippen LogP contribution in [0.4, 0.5) is 5.82 Å². The second-order valence-electron chi connectivity index (χ2n) is 7.09. The molecule has 0 unspecified atom stereocenters. The number of nitrogens with zero attached hydrogens (tertiary/aromatic N) is 5. The van der Waals surface area contributed by atoms with Crippen LogP contribution in [0, 0.1) is 6.92 Å². The average molecular weight is 349 g/mol. The molecule has 1 fully saturated rings. The molecule has 0 N–H and O–H groups in total. The van der Waals surface area contributed by atoms with Gasteiger partial charge in [0.25, 0.3) is 5.91 Å². The zero-order valence-corrected chi connectivity index (χ0v) is 15.4. The maximum Gasteiger partial charge on any atom is 0.272 e. The number of aryl methyl sites for hydroxylation is 1. The van der Waals surface area contributed by atoms with E-state index in [0.717, 1.165) is 35.7 Å². The Morgan fingerprint density at radius 3 is 2.81 bits per heavy atom. The summed E-state index contributed by atoms with van der Waals surface area (Å²) in [5.74, 6) is 1.21. The molecule has 4 rings (SSSR count). The first-order chi connectivity index (χ1) is 12.5. The fourth-order valence-electron chi connectivity index (χ4n) is 3.58. The molecule has 6 heteroatoms. The van der Waals surface area contributed by atoms with Crippen molar-refractivity contribution >= 4 is 17.2 Å². The highest BCUT2D eigenvalue weighted by Gasteiger charge is 2.30. The molecule has 3 aromatic heterocycles. The third-order valence-corrected chi connectivity index (χ3v) is 4.94. The minimum absolute atomic E-state index is 0.00563. The molecule has 0 aromatic carbocycles. The van der Waals surface area contributed by atoms with Crippen LogP contribution < -0.4 is 4.90 Å². The SMILES string of the molecule is Cc1cccc(C(=O)N2CC[C@H](c3cn4cccc4c(N(C)C)n3)C2)n1. The molecule has 1 aliphatic rings. The fourth-order valence-corrected chi connectivity index (χ4v) is 3.58. The average Bonchev–Trinajstić information content (AvgIpc) is 3.29. The summed E-state index contributed by atoms with van der Waals surface area (Å²) in [6, 6.07) is 9.68. The molecular weight excluding hydrogens is 326 g/mol. The van der Waals surface area contributed by atoms with Crippen LogP contribution in [0.15, 0.2) is 42.7 Å². The molecule has 134 valence electrons. The number of rotatable bonds is 3. The first-order valence-corrected chi connectivity index (χ1v) is 8.91. The van der Waals surface area contributed by atoms with Crippen LogP contribution in [0.5, 0.6) is 0 Å². The van der Waals surface area contributed by atoms with Crippen LogP contribution in [-0.4, -0.2) is 52.4 Å². The molecule has 3 aromatic rings. The Kier molecular flexibility index (Phi) is 4.11. The van der Waals surface area contributed by atoms with Gasteiger partial charge in [-0.25, -0.2) is 9.97 Å². The number of aromatic nitrogens is 3. The number of carbonyl (C=O) groups excluding carboxylic acids is 1. The van der Waals surface area contributed by atoms with Crippen molar-refractivity contribution in [2.75, 3.05) is 32.1 Å². The van der Waals surface area contributed by atoms with E-state index in [2.05, 4.69) is 21.6 Å². The van der Waals surface area contributed by atoms with Gasteiger partial charge in [-0.1, -0.05) is 6.07 Å². The molecule has 0 aliphatic carbocycles. The molecule has 26 heavy (non-hydrogen) atoms. The van der Waals surface area contributed by atoms with Crippen LogP contribution in [0.25, 0.3) is 5.52 Å². The Balaban J connectivity index is 1.59. The molecule has 0 bridgehead atoms. The number of anilines is 1. The van der Waals surface area contributed by atoms with Crippen molar-refractivity contribution in [1.82, 2.24) is 19.3 Å². The molecule has 1 aliphatic heterocycles. The second-order valence-corrected chi connectivity index (χ2v) is 7.09. The number of carbonyl (C=O) groups is 1. The quantitative estimate of drug-likeness (QED) is 0.730. The lowest BCUT2D eigenvalue weighted by atomic mass is 10.1. The highest BCUT2D eigenvalue weighted by molar-refractivity contribution is 5.92. The first-order valence-electron chi connectivity index (χ1n) is 8.91. The summed E-state index contributed by atoms with van der Waals surface area (Å²) in [5, 5.41) is 0. The molecule has 4 heterocycles. The zero-order valence-electron chi connectivity index (χ0n) is 15.4. The van der Waals surface area contributed by atoms with Gasteiger partial charge in [-0.3, -0.25) is 4.79 Å². The summed E-state index contributed by atoms with van der Waals surface area (Å²) >= 11 is 0. The van der Waals surface area contributed by atoms with Gasteiger partial charge in [0.2, 0.25) is 0 Å². The Morgan fingerprint density at radius 1 is 1.19 bits per heavy atom. The van der Waals surface area contributed by atoms with E-state index in [0.29, 0.717) is 12.2 Å². The van der Waals surface area contributed by atoms with Crippen LogP contribution >= 0.6 is 0 Å². The van der Waals surface area contributed by atoms with Crippen molar-refractivity contribution in [2.45, 2.75) is 19.3 Å². The Hall–Kier alpha value is -2.89. The highest BCUT2D eigenvalue weighted by Crippen LogP contribution is 2.29. The summed E-state index contributed by atoms with van der Waals surface area (Å²) in [5.41, 5.74) is 3.51. The lowest BCUT2D eigenvalue weighted by Crippen LogP contribution is -2.29. The van der Waals surface area contributed by atoms with Gasteiger partial charge < -0.3 is 14.2 Å². The molecule has 0 saturated carbocycles. The van der Waals surface area contributed by atoms with E-state index in [1.54, 1.807) is 6.07 Å². The van der Waals surface area contributed by atoms with Gasteiger partial charge in [0, 0.05) is 51.2 Å². The number of amides is 1. The number of pyridine rings is 1. The zero-order chi connectivity index (χ0) is 18.3. The maximum atomic E-state index is 12.8. The smallest absolute Gasteiger partial charge is 0.272 e. The normalized spacial score (nSPS) is 17.0. The van der Waals surface area contributed by atoms with E-state index in [4.69, 9.17) is 4.98 Å². The van der Waals surface area contributed by atoms with Crippen molar-refractivity contribution in [3.05, 3.63) is 59.8 Å². The molecule has 1 amide bonds. The number of hydrogen-bond donors (Lipinski definition) is 0. The van der Waals surface area contributed by atoms with E-state index < -0.39 is 0 Å². The molecular formula is C20H23N5O. The van der Waals surface area contributed by atoms with E-state index in [1.807, 2.05) is 55.2 Å². The van der Waals surface area contributed by atoms with Gasteiger partial charge in [-0.05, 0) is 37.6 Å². The fraction of sp³-hybridized carbons (Fsp3) is 0.350. The number of hydrogen-bond acceptors (Lipinski definition) is 4. The highest BCUT2D eigenvalue weighted by atomic mass is 16.2. The summed E-state index contributed by atoms with van der Waals surface area (Å²) in [7, 11) is 4.01. The Morgan fingerprint density at radius 2 is 2.04 bits per heavy atom. The van der Waals surface area contributed by atoms with Gasteiger partial charge in [-0.2, -0.15) is 0 Å². The van der Waals surface area contributed by atoms with Crippen LogP contribution in [0.1, 0.15) is 34.2 Å². The third kappa shape index (κ3) is 2.92. The Bertz CT molecular complexity index is 962. The molecule has 6 nitrogen and oxygen atoms in total. The topological polar surface area (TPSA) is 53.7 Å². The summed E-state index contributed by atoms with van der Waals surface area (Å²) < 4.78 is 2.12. The molecule has 0 spiro atoms. The lowest BCUT2D eigenvalue weighted by Gasteiger charge is -2.19. The summed E-state index contributed by atoms with van der Waals surface area (Å²) in [4.78, 5) is 25.9. The van der Waals surface area contributed by atoms with Crippen molar-refractivity contribution in [2.24, 2.45) is 0 Å². The van der Waals surface area contributed by atoms with E-state index in [1.165, 1.54) is 0 Å². The monoisotopic (exact) mass is 349 g/mol. The Labute approximate surface area is 153 Å². The van der Waals surface area contributed by atoms with Crippen LogP contribution in [0.2, 0.25) is 0 Å². The minimum atomic E-state index is 0.00563. The van der Waals surface area contributed by atoms with Gasteiger partial charge in [0.05, 0.1) is 11.2 Å². The van der Waals surface area contributed by atoms with Crippen LogP contribution in [0.3, 0.4) is 0 Å². The summed E-state index contributed by atoms with van der Waals surface area (Å²) in [6.45, 7) is 3.32. The predicted molar refractivity (Wildman–Crippen MR) is 102 cm³/mol. The lowest BCUT2D eigenvalue weighted by molar-refractivity contribution is 0.0784. The van der Waals surface area contributed by atoms with Crippen molar-refractivity contribution in [1.29, 1.82) is 0 Å². The molecule has 1 saturated heterocycles. The van der Waals surface area contributed by atoms with Gasteiger partial charge in [0.15, 0.2) is 5.82 Å². The van der Waals surface area contributed by atoms with E-state index >= 15 is 0 Å². The maximum absolute atomic E-state index is 12.8. The van der Waals surface area contributed by atoms with E-state index in [-0.39, 0.29) is 11.8 Å². The third-order valence-electron chi connectivity index (χ3n) is 4.94. The van der Waals surface area contributed by atoms with Crippen LogP contribution in [-0.2, 0) is 0 Å². The van der Waals surface area contributed by atoms with E-state index in [9.17, 15) is 4.79 Å². The molecule has 0 radical (unpaired) electrons. The number of likely N-dealkylation sites (tertiary alicyclic amines) is 1. The van der Waals surface area contributed by atoms with Gasteiger partial charge in [0.1, 0.15) is 5.69 Å². The van der Waals surface area contributed by atoms with Crippen molar-refractivity contribution in [3.8, 4) is 0 Å². The standard InChI is InChI=1S/C20H23N5O/c1-14-6-4-7-16(21-14)20(26)25-11-9-15(12-25)17-13-24-10-5-8-18(24)19(22-17)23(2)3/h4-8,10,13,15H,9,11-12H2,1-3H3/t15-/m0/s1. The second kappa shape index (κ2) is 6.44. The van der Waals surface area contributed by atoms with Crippen molar-refractivity contribution in [3.63, 3.8) is 0 Å². The van der Waals surface area contributed by atoms with Gasteiger partial charge >= 0.3 is 0 Å². The van der Waals surface area contributed by atoms with Gasteiger partial charge in [-0.15, -0.1) is 0 Å². The van der Waals surface area contributed by atoms with Crippen molar-refractivity contribution < 1.29 is 4.79 Å². The largest absolute Gasteiger partial charge is 0.361 e. The minimum Gasteiger partial charge on any atom is -0.361 e. The summed E-state index contributed by atoms with van der Waals surface area (Å²) in [6.07, 6.45) is 5.05. The first kappa shape index (κ1) is 16.6.